The first-order chi connectivity index (χ1) is 11.6. The van der Waals surface area contributed by atoms with Gasteiger partial charge < -0.3 is 5.11 Å². The Labute approximate surface area is 140 Å². The van der Waals surface area contributed by atoms with Crippen molar-refractivity contribution in [3.05, 3.63) is 42.5 Å². The monoisotopic (exact) mass is 324 g/mol. The van der Waals surface area contributed by atoms with Gasteiger partial charge in [0.25, 0.3) is 0 Å². The Morgan fingerprint density at radius 1 is 1.25 bits per heavy atom. The van der Waals surface area contributed by atoms with Crippen molar-refractivity contribution in [2.45, 2.75) is 26.2 Å². The maximum absolute atomic E-state index is 12.3. The zero-order valence-electron chi connectivity index (χ0n) is 13.6. The normalized spacial score (nSPS) is 20.5. The Morgan fingerprint density at radius 3 is 2.71 bits per heavy atom. The highest BCUT2D eigenvalue weighted by Crippen LogP contribution is 2.33. The molecule has 0 spiro atoms. The number of carboxylic acids is 1. The molecule has 124 valence electrons. The molecule has 1 N–H and O–H groups in total. The van der Waals surface area contributed by atoms with Gasteiger partial charge >= 0.3 is 5.97 Å². The maximum Gasteiger partial charge on any atom is 0.319 e. The van der Waals surface area contributed by atoms with Gasteiger partial charge in [-0.05, 0) is 29.3 Å². The zero-order chi connectivity index (χ0) is 17.2. The van der Waals surface area contributed by atoms with Crippen LogP contribution in [0.1, 0.15) is 26.2 Å². The minimum atomic E-state index is -1.41. The highest BCUT2D eigenvalue weighted by atomic mass is 16.4. The molecule has 1 aliphatic heterocycles. The molecule has 0 amide bonds. The van der Waals surface area contributed by atoms with Crippen molar-refractivity contribution in [3.8, 4) is 0 Å². The smallest absolute Gasteiger partial charge is 0.319 e. The Kier molecular flexibility index (Phi) is 4.34. The minimum absolute atomic E-state index is 0.0655. The molecule has 0 bridgehead atoms. The van der Waals surface area contributed by atoms with E-state index in [2.05, 4.69) is 5.10 Å². The molecule has 0 aromatic heterocycles. The van der Waals surface area contributed by atoms with Crippen LogP contribution in [0, 0.1) is 5.41 Å². The van der Waals surface area contributed by atoms with Crippen LogP contribution < -0.4 is 5.01 Å². The summed E-state index contributed by atoms with van der Waals surface area (Å²) >= 11 is 0. The van der Waals surface area contributed by atoms with Crippen LogP contribution in [0.2, 0.25) is 0 Å². The Balaban J connectivity index is 1.97. The minimum Gasteiger partial charge on any atom is -0.480 e. The first-order valence-corrected chi connectivity index (χ1v) is 8.15. The van der Waals surface area contributed by atoms with Crippen LogP contribution >= 0.6 is 0 Å². The summed E-state index contributed by atoms with van der Waals surface area (Å²) in [6, 6.07) is 13.8. The van der Waals surface area contributed by atoms with Gasteiger partial charge in [-0.25, -0.2) is 0 Å². The molecule has 0 saturated heterocycles. The molecule has 5 nitrogen and oxygen atoms in total. The molecule has 0 aliphatic carbocycles. The summed E-state index contributed by atoms with van der Waals surface area (Å²) in [4.78, 5) is 24.2. The average molecular weight is 324 g/mol. The number of nitrogens with zero attached hydrogens (tertiary/aromatic N) is 2. The van der Waals surface area contributed by atoms with Gasteiger partial charge in [0.05, 0.1) is 18.4 Å². The Morgan fingerprint density at radius 2 is 2.00 bits per heavy atom. The van der Waals surface area contributed by atoms with E-state index in [0.717, 1.165) is 29.1 Å². The number of rotatable bonds is 5. The molecular weight excluding hydrogens is 304 g/mol. The second kappa shape index (κ2) is 6.43. The average Bonchev–Trinajstić information content (AvgIpc) is 2.60. The van der Waals surface area contributed by atoms with Crippen LogP contribution in [0.5, 0.6) is 0 Å². The summed E-state index contributed by atoms with van der Waals surface area (Å²) in [6.07, 6.45) is 3.02. The van der Waals surface area contributed by atoms with Crippen molar-refractivity contribution in [2.75, 3.05) is 11.6 Å². The van der Waals surface area contributed by atoms with Gasteiger partial charge in [-0.3, -0.25) is 14.6 Å². The van der Waals surface area contributed by atoms with E-state index in [9.17, 15) is 14.7 Å². The molecule has 2 aromatic rings. The van der Waals surface area contributed by atoms with Gasteiger partial charge in [0, 0.05) is 0 Å². The second-order valence-electron chi connectivity index (χ2n) is 6.19. The second-order valence-corrected chi connectivity index (χ2v) is 6.19. The number of aliphatic carboxylic acids is 1. The van der Waals surface area contributed by atoms with E-state index in [1.165, 1.54) is 0 Å². The number of carbonyl (C=O) groups excluding carboxylic acids is 1. The fraction of sp³-hybridized carbons (Fsp3) is 0.316. The molecule has 0 saturated carbocycles. The lowest BCUT2D eigenvalue weighted by molar-refractivity contribution is -0.153. The third kappa shape index (κ3) is 2.77. The fourth-order valence-corrected chi connectivity index (χ4v) is 3.08. The predicted molar refractivity (Wildman–Crippen MR) is 94.4 cm³/mol. The number of hydrazone groups is 1. The summed E-state index contributed by atoms with van der Waals surface area (Å²) in [6.45, 7) is 2.05. The summed E-state index contributed by atoms with van der Waals surface area (Å²) < 4.78 is 0. The topological polar surface area (TPSA) is 70.0 Å². The zero-order valence-corrected chi connectivity index (χ0v) is 13.6. The van der Waals surface area contributed by atoms with Crippen LogP contribution in [0.25, 0.3) is 10.8 Å². The standard InChI is InChI=1S/C19H20N2O3/c1-2-3-10-19(18(23)24)13-21(20-12-17(19)22)16-9-8-14-6-4-5-7-15(14)11-16/h4-9,11-12H,2-3,10,13H2,1H3,(H,23,24). The third-order valence-electron chi connectivity index (χ3n) is 4.60. The first kappa shape index (κ1) is 16.2. The van der Waals surface area contributed by atoms with Crippen molar-refractivity contribution >= 4 is 34.4 Å². The molecule has 5 heteroatoms. The Hall–Kier alpha value is -2.69. The third-order valence-corrected chi connectivity index (χ3v) is 4.60. The maximum atomic E-state index is 12.3. The molecule has 0 radical (unpaired) electrons. The van der Waals surface area contributed by atoms with Crippen LogP contribution in [-0.4, -0.2) is 29.6 Å². The largest absolute Gasteiger partial charge is 0.480 e. The van der Waals surface area contributed by atoms with Crippen LogP contribution in [0.4, 0.5) is 5.69 Å². The number of benzene rings is 2. The van der Waals surface area contributed by atoms with Gasteiger partial charge in [-0.2, -0.15) is 5.10 Å². The van der Waals surface area contributed by atoms with Crippen molar-refractivity contribution in [1.82, 2.24) is 0 Å². The number of ketones is 1. The van der Waals surface area contributed by atoms with Crippen molar-refractivity contribution in [1.29, 1.82) is 0 Å². The molecule has 1 unspecified atom stereocenters. The van der Waals surface area contributed by atoms with Crippen molar-refractivity contribution < 1.29 is 14.7 Å². The molecule has 1 atom stereocenters. The molecular formula is C19H20N2O3. The summed E-state index contributed by atoms with van der Waals surface area (Å²) in [7, 11) is 0. The van der Waals surface area contributed by atoms with Gasteiger partial charge in [-0.1, -0.05) is 50.1 Å². The molecule has 2 aromatic carbocycles. The van der Waals surface area contributed by atoms with E-state index < -0.39 is 17.2 Å². The van der Waals surface area contributed by atoms with Gasteiger partial charge in [0.2, 0.25) is 0 Å². The summed E-state index contributed by atoms with van der Waals surface area (Å²) in [5.41, 5.74) is -0.622. The number of carbonyl (C=O) groups is 2. The number of unbranched alkanes of at least 4 members (excludes halogenated alkanes) is 1. The number of anilines is 1. The van der Waals surface area contributed by atoms with E-state index in [4.69, 9.17) is 0 Å². The fourth-order valence-electron chi connectivity index (χ4n) is 3.08. The quantitative estimate of drug-likeness (QED) is 0.855. The van der Waals surface area contributed by atoms with Crippen molar-refractivity contribution in [2.24, 2.45) is 10.5 Å². The lowest BCUT2D eigenvalue weighted by atomic mass is 9.78. The number of hydrogen-bond donors (Lipinski definition) is 1. The SMILES string of the molecule is CCCCC1(C(=O)O)CN(c2ccc3ccccc3c2)N=CC1=O. The molecule has 3 rings (SSSR count). The van der Waals surface area contributed by atoms with Crippen LogP contribution in [0.15, 0.2) is 47.6 Å². The van der Waals surface area contributed by atoms with Crippen molar-refractivity contribution in [3.63, 3.8) is 0 Å². The van der Waals surface area contributed by atoms with E-state index in [1.807, 2.05) is 49.4 Å². The van der Waals surface area contributed by atoms with Gasteiger partial charge in [-0.15, -0.1) is 0 Å². The van der Waals surface area contributed by atoms with E-state index in [0.29, 0.717) is 12.8 Å². The summed E-state index contributed by atoms with van der Waals surface area (Å²) in [5.74, 6) is -1.49. The number of fused-ring (bicyclic) bond motifs is 1. The Bertz CT molecular complexity index is 815. The molecule has 1 heterocycles. The first-order valence-electron chi connectivity index (χ1n) is 8.15. The molecule has 24 heavy (non-hydrogen) atoms. The highest BCUT2D eigenvalue weighted by Gasteiger charge is 2.48. The van der Waals surface area contributed by atoms with E-state index in [-0.39, 0.29) is 6.54 Å². The van der Waals surface area contributed by atoms with Crippen LogP contribution in [-0.2, 0) is 9.59 Å². The van der Waals surface area contributed by atoms with Gasteiger partial charge in [0.15, 0.2) is 11.2 Å². The lowest BCUT2D eigenvalue weighted by Crippen LogP contribution is -2.51. The van der Waals surface area contributed by atoms with Crippen LogP contribution in [0.3, 0.4) is 0 Å². The van der Waals surface area contributed by atoms with E-state index in [1.54, 1.807) is 5.01 Å². The predicted octanol–water partition coefficient (Wildman–Crippen LogP) is 3.48. The lowest BCUT2D eigenvalue weighted by Gasteiger charge is -2.35. The highest BCUT2D eigenvalue weighted by molar-refractivity contribution is 6.35. The number of Topliss-reactive ketones (excluding diaryl/α,β-unsaturated/α-hetero) is 1. The summed E-state index contributed by atoms with van der Waals surface area (Å²) in [5, 5.41) is 17.7. The number of carboxylic acid groups (broad SMARTS) is 1. The molecule has 1 aliphatic rings. The number of hydrogen-bond acceptors (Lipinski definition) is 4. The van der Waals surface area contributed by atoms with E-state index >= 15 is 0 Å². The molecule has 0 fully saturated rings. The van der Waals surface area contributed by atoms with Gasteiger partial charge in [0.1, 0.15) is 0 Å².